The van der Waals surface area contributed by atoms with Crippen LogP contribution in [0.2, 0.25) is 0 Å². The number of aromatic hydroxyl groups is 1. The van der Waals surface area contributed by atoms with Crippen LogP contribution in [0.1, 0.15) is 56.9 Å². The normalized spacial score (nSPS) is 18.1. The van der Waals surface area contributed by atoms with Crippen molar-refractivity contribution in [1.82, 2.24) is 24.8 Å². The average molecular weight is 653 g/mol. The number of likely N-dealkylation sites (N-methyl/N-ethyl adjacent to an activating group) is 1. The molecule has 2 aliphatic heterocycles. The number of anilines is 1. The van der Waals surface area contributed by atoms with Crippen LogP contribution in [-0.4, -0.2) is 80.1 Å². The second-order valence-electron chi connectivity index (χ2n) is 13.3. The quantitative estimate of drug-likeness (QED) is 0.163. The number of fused-ring (bicyclic) bond motifs is 3. The van der Waals surface area contributed by atoms with Gasteiger partial charge in [0.15, 0.2) is 5.82 Å². The molecule has 2 aromatic carbocycles. The molecule has 0 unspecified atom stereocenters. The van der Waals surface area contributed by atoms with Crippen LogP contribution in [0.15, 0.2) is 43.1 Å². The van der Waals surface area contributed by atoms with Crippen molar-refractivity contribution in [1.29, 1.82) is 0 Å². The predicted molar refractivity (Wildman–Crippen MR) is 181 cm³/mol. The first-order valence-electron chi connectivity index (χ1n) is 16.5. The lowest BCUT2D eigenvalue weighted by atomic mass is 9.95. The number of phenols is 1. The Hall–Kier alpha value is -4.82. The van der Waals surface area contributed by atoms with Crippen molar-refractivity contribution in [3.05, 3.63) is 60.3 Å². The van der Waals surface area contributed by atoms with E-state index >= 15 is 4.39 Å². The number of nitrogens with one attached hydrogen (secondary N) is 1. The number of pyridine rings is 1. The first-order valence-corrected chi connectivity index (χ1v) is 16.5. The molecule has 2 saturated heterocycles. The standard InChI is InChI=1S/C37H38F2N6O3/c1-4-25-28(38)11-10-23-18-24(46)19-26(30(23)25)32-31(39)33-27(20-40-32)34(41-21-36(12-6-7-13-36)44(3)29(47)5-2)43-35(42-33)48-22-37-14-8-16-45(37)17-9-15-37/h1,5,10-11,18-20,46H,2,6-9,12-17,21-22H2,3H3,(H,41,42,43). The number of amides is 1. The van der Waals surface area contributed by atoms with E-state index in [1.54, 1.807) is 11.9 Å². The van der Waals surface area contributed by atoms with Gasteiger partial charge in [-0.05, 0) is 81.3 Å². The van der Waals surface area contributed by atoms with Crippen LogP contribution in [0.3, 0.4) is 0 Å². The molecule has 0 spiro atoms. The summed E-state index contributed by atoms with van der Waals surface area (Å²) >= 11 is 0. The summed E-state index contributed by atoms with van der Waals surface area (Å²) in [6, 6.07) is 5.47. The lowest BCUT2D eigenvalue weighted by Gasteiger charge is -2.38. The summed E-state index contributed by atoms with van der Waals surface area (Å²) in [5, 5.41) is 15.0. The summed E-state index contributed by atoms with van der Waals surface area (Å²) in [7, 11) is 1.78. The number of nitrogens with zero attached hydrogens (tertiary/aromatic N) is 5. The predicted octanol–water partition coefficient (Wildman–Crippen LogP) is 6.19. The molecule has 3 aliphatic rings. The van der Waals surface area contributed by atoms with Gasteiger partial charge < -0.3 is 20.1 Å². The Bertz CT molecular complexity index is 1980. The van der Waals surface area contributed by atoms with Crippen molar-refractivity contribution in [3.63, 3.8) is 0 Å². The molecular formula is C37H38F2N6O3. The Morgan fingerprint density at radius 2 is 1.92 bits per heavy atom. The van der Waals surface area contributed by atoms with Gasteiger partial charge in [0, 0.05) is 30.7 Å². The Balaban J connectivity index is 1.34. The molecule has 11 heteroatoms. The number of hydrogen-bond donors (Lipinski definition) is 2. The molecule has 4 aromatic rings. The van der Waals surface area contributed by atoms with Gasteiger partial charge >= 0.3 is 6.01 Å². The highest BCUT2D eigenvalue weighted by molar-refractivity contribution is 6.03. The van der Waals surface area contributed by atoms with Crippen LogP contribution in [-0.2, 0) is 4.79 Å². The van der Waals surface area contributed by atoms with Crippen LogP contribution >= 0.6 is 0 Å². The number of aromatic nitrogens is 3. The molecule has 3 fully saturated rings. The average Bonchev–Trinajstić information content (AvgIpc) is 3.83. The smallest absolute Gasteiger partial charge is 0.319 e. The fourth-order valence-corrected chi connectivity index (χ4v) is 8.12. The van der Waals surface area contributed by atoms with Crippen LogP contribution in [0.5, 0.6) is 11.8 Å². The van der Waals surface area contributed by atoms with E-state index in [4.69, 9.17) is 16.1 Å². The Labute approximate surface area is 278 Å². The Morgan fingerprint density at radius 3 is 2.62 bits per heavy atom. The Kier molecular flexibility index (Phi) is 8.16. The molecule has 48 heavy (non-hydrogen) atoms. The lowest BCUT2D eigenvalue weighted by molar-refractivity contribution is -0.129. The van der Waals surface area contributed by atoms with Crippen LogP contribution in [0, 0.1) is 24.0 Å². The SMILES string of the molecule is C#Cc1c(F)ccc2cc(O)cc(-c3ncc4c(NCC5(N(C)C(=O)C=C)CCCC5)nc(OCC56CCCN5CCC6)nc4c3F)c12. The van der Waals surface area contributed by atoms with Gasteiger partial charge in [-0.2, -0.15) is 9.97 Å². The van der Waals surface area contributed by atoms with Gasteiger partial charge in [-0.3, -0.25) is 14.7 Å². The minimum atomic E-state index is -0.794. The molecule has 2 N–H and O–H groups in total. The van der Waals surface area contributed by atoms with Crippen LogP contribution in [0.25, 0.3) is 32.9 Å². The number of carbonyl (C=O) groups excluding carboxylic acids is 1. The van der Waals surface area contributed by atoms with E-state index in [0.717, 1.165) is 64.5 Å². The topological polar surface area (TPSA) is 104 Å². The molecule has 1 aliphatic carbocycles. The molecular weight excluding hydrogens is 614 g/mol. The number of benzene rings is 2. The minimum Gasteiger partial charge on any atom is -0.508 e. The van der Waals surface area contributed by atoms with Gasteiger partial charge in [-0.15, -0.1) is 6.42 Å². The number of hydrogen-bond acceptors (Lipinski definition) is 8. The zero-order valence-corrected chi connectivity index (χ0v) is 27.0. The van der Waals surface area contributed by atoms with E-state index in [-0.39, 0.29) is 50.9 Å². The number of carbonyl (C=O) groups is 1. The fourth-order valence-electron chi connectivity index (χ4n) is 8.12. The molecule has 0 radical (unpaired) electrons. The third-order valence-corrected chi connectivity index (χ3v) is 10.7. The van der Waals surface area contributed by atoms with Crippen molar-refractivity contribution in [2.75, 3.05) is 38.6 Å². The highest BCUT2D eigenvalue weighted by Gasteiger charge is 2.45. The fraction of sp³-hybridized carbons (Fsp3) is 0.405. The maximum Gasteiger partial charge on any atom is 0.319 e. The maximum atomic E-state index is 16.8. The highest BCUT2D eigenvalue weighted by Crippen LogP contribution is 2.41. The summed E-state index contributed by atoms with van der Waals surface area (Å²) in [4.78, 5) is 30.6. The zero-order valence-electron chi connectivity index (χ0n) is 27.0. The molecule has 0 bridgehead atoms. The van der Waals surface area contributed by atoms with E-state index in [1.165, 1.54) is 36.5 Å². The molecule has 2 aromatic heterocycles. The van der Waals surface area contributed by atoms with E-state index in [9.17, 15) is 14.3 Å². The molecule has 9 nitrogen and oxygen atoms in total. The zero-order chi connectivity index (χ0) is 33.6. The van der Waals surface area contributed by atoms with Crippen molar-refractivity contribution in [3.8, 4) is 35.4 Å². The molecule has 0 atom stereocenters. The van der Waals surface area contributed by atoms with Crippen molar-refractivity contribution in [2.45, 2.75) is 62.4 Å². The van der Waals surface area contributed by atoms with Gasteiger partial charge in [0.1, 0.15) is 35.2 Å². The first kappa shape index (κ1) is 31.8. The van der Waals surface area contributed by atoms with Gasteiger partial charge in [0.2, 0.25) is 5.91 Å². The summed E-state index contributed by atoms with van der Waals surface area (Å²) in [5.41, 5.74) is -0.708. The molecule has 7 rings (SSSR count). The largest absolute Gasteiger partial charge is 0.508 e. The van der Waals surface area contributed by atoms with Crippen LogP contribution < -0.4 is 10.1 Å². The minimum absolute atomic E-state index is 0.0151. The van der Waals surface area contributed by atoms with Gasteiger partial charge in [0.05, 0.1) is 22.0 Å². The van der Waals surface area contributed by atoms with Crippen LogP contribution in [0.4, 0.5) is 14.6 Å². The summed E-state index contributed by atoms with van der Waals surface area (Å²) in [5.74, 6) is 0.928. The summed E-state index contributed by atoms with van der Waals surface area (Å²) in [6.07, 6.45) is 16.2. The second-order valence-corrected chi connectivity index (χ2v) is 13.3. The first-order chi connectivity index (χ1) is 23.2. The number of terminal acetylenes is 1. The molecule has 1 amide bonds. The highest BCUT2D eigenvalue weighted by atomic mass is 19.1. The molecule has 1 saturated carbocycles. The van der Waals surface area contributed by atoms with E-state index < -0.39 is 17.2 Å². The maximum absolute atomic E-state index is 16.8. The summed E-state index contributed by atoms with van der Waals surface area (Å²) in [6.45, 7) is 6.44. The number of rotatable bonds is 9. The Morgan fingerprint density at radius 1 is 1.17 bits per heavy atom. The van der Waals surface area contributed by atoms with E-state index in [1.807, 2.05) is 0 Å². The van der Waals surface area contributed by atoms with E-state index in [0.29, 0.717) is 29.7 Å². The third kappa shape index (κ3) is 5.28. The van der Waals surface area contributed by atoms with Gasteiger partial charge in [0.25, 0.3) is 0 Å². The van der Waals surface area contributed by atoms with Crippen molar-refractivity contribution >= 4 is 33.4 Å². The van der Waals surface area contributed by atoms with Gasteiger partial charge in [-0.1, -0.05) is 31.4 Å². The molecule has 4 heterocycles. The number of halogens is 2. The third-order valence-electron chi connectivity index (χ3n) is 10.7. The van der Waals surface area contributed by atoms with Crippen molar-refractivity contribution in [2.24, 2.45) is 0 Å². The number of phenolic OH excluding ortho intramolecular Hbond substituents is 1. The number of ether oxygens (including phenoxy) is 1. The monoisotopic (exact) mass is 652 g/mol. The summed E-state index contributed by atoms with van der Waals surface area (Å²) < 4.78 is 38.0. The lowest BCUT2D eigenvalue weighted by Crippen LogP contribution is -2.51. The second kappa shape index (κ2) is 12.3. The van der Waals surface area contributed by atoms with E-state index in [2.05, 4.69) is 32.7 Å². The van der Waals surface area contributed by atoms with Gasteiger partial charge in [-0.25, -0.2) is 8.78 Å². The van der Waals surface area contributed by atoms with Crippen molar-refractivity contribution < 1.29 is 23.4 Å². The molecule has 248 valence electrons.